The second kappa shape index (κ2) is 10.0. The quantitative estimate of drug-likeness (QED) is 0.648. The molecule has 2 fully saturated rings. The molecule has 0 bridgehead atoms. The van der Waals surface area contributed by atoms with Crippen molar-refractivity contribution in [3.8, 4) is 0 Å². The molecule has 1 unspecified atom stereocenters. The lowest BCUT2D eigenvalue weighted by atomic mass is 9.87. The fourth-order valence-electron chi connectivity index (χ4n) is 3.92. The molecule has 2 aliphatic rings. The van der Waals surface area contributed by atoms with Gasteiger partial charge in [0, 0.05) is 32.2 Å². The van der Waals surface area contributed by atoms with Gasteiger partial charge in [-0.3, -0.25) is 9.69 Å². The van der Waals surface area contributed by atoms with Crippen molar-refractivity contribution in [1.29, 1.82) is 0 Å². The van der Waals surface area contributed by atoms with E-state index in [0.717, 1.165) is 38.0 Å². The number of rotatable bonds is 8. The maximum atomic E-state index is 12.6. The normalized spacial score (nSPS) is 27.2. The molecule has 1 aliphatic heterocycles. The summed E-state index contributed by atoms with van der Waals surface area (Å²) in [6, 6.07) is 0.112. The minimum atomic E-state index is -3.15. The number of amides is 1. The fourth-order valence-corrected chi connectivity index (χ4v) is 5.47. The number of hydrogen-bond donors (Lipinski definition) is 1. The average molecular weight is 388 g/mol. The fraction of sp³-hybridized carbons (Fsp3) is 0.947. The Balaban J connectivity index is 1.76. The standard InChI is InChI=1S/C19H37N3O3S/c1-4-5-6-15-26(24,25)22-13-11-21(12-14-22)17(3)19(23)20-18-9-7-16(2)8-10-18/h16-18H,4-15H2,1-3H3,(H,20,23). The summed E-state index contributed by atoms with van der Waals surface area (Å²) in [5, 5.41) is 3.20. The molecule has 2 rings (SSSR count). The third kappa shape index (κ3) is 6.20. The van der Waals surface area contributed by atoms with Crippen LogP contribution in [0.3, 0.4) is 0 Å². The number of unbranched alkanes of at least 4 members (excludes halogenated alkanes) is 2. The third-order valence-electron chi connectivity index (χ3n) is 5.96. The Kier molecular flexibility index (Phi) is 8.36. The van der Waals surface area contributed by atoms with Gasteiger partial charge in [0.15, 0.2) is 0 Å². The average Bonchev–Trinajstić information content (AvgIpc) is 2.63. The molecular weight excluding hydrogens is 350 g/mol. The molecule has 1 amide bonds. The number of carbonyl (C=O) groups excluding carboxylic acids is 1. The molecule has 0 aromatic heterocycles. The minimum absolute atomic E-state index is 0.0869. The van der Waals surface area contributed by atoms with Gasteiger partial charge in [0.05, 0.1) is 11.8 Å². The van der Waals surface area contributed by atoms with Crippen LogP contribution in [0, 0.1) is 5.92 Å². The maximum Gasteiger partial charge on any atom is 0.237 e. The SMILES string of the molecule is CCCCCS(=O)(=O)N1CCN(C(C)C(=O)NC2CCC(C)CC2)CC1. The summed E-state index contributed by atoms with van der Waals surface area (Å²) in [6.07, 6.45) is 7.23. The predicted molar refractivity (Wildman–Crippen MR) is 105 cm³/mol. The van der Waals surface area contributed by atoms with E-state index in [1.54, 1.807) is 4.31 Å². The van der Waals surface area contributed by atoms with Gasteiger partial charge in [0.25, 0.3) is 0 Å². The molecule has 0 aromatic carbocycles. The first-order chi connectivity index (χ1) is 12.3. The van der Waals surface area contributed by atoms with Crippen LogP contribution in [0.5, 0.6) is 0 Å². The zero-order valence-electron chi connectivity index (χ0n) is 16.7. The summed E-state index contributed by atoms with van der Waals surface area (Å²) in [7, 11) is -3.15. The van der Waals surface area contributed by atoms with Crippen molar-refractivity contribution in [2.75, 3.05) is 31.9 Å². The van der Waals surface area contributed by atoms with Gasteiger partial charge < -0.3 is 5.32 Å². The number of carbonyl (C=O) groups is 1. The highest BCUT2D eigenvalue weighted by molar-refractivity contribution is 7.89. The van der Waals surface area contributed by atoms with Crippen LogP contribution in [0.1, 0.15) is 65.7 Å². The summed E-state index contributed by atoms with van der Waals surface area (Å²) in [5.74, 6) is 1.11. The van der Waals surface area contributed by atoms with Gasteiger partial charge in [-0.2, -0.15) is 4.31 Å². The lowest BCUT2D eigenvalue weighted by Crippen LogP contribution is -2.56. The monoisotopic (exact) mass is 387 g/mol. The predicted octanol–water partition coefficient (Wildman–Crippen LogP) is 2.21. The molecule has 0 spiro atoms. The first-order valence-electron chi connectivity index (χ1n) is 10.4. The van der Waals surface area contributed by atoms with Crippen LogP contribution in [0.25, 0.3) is 0 Å². The molecule has 1 saturated heterocycles. The lowest BCUT2D eigenvalue weighted by Gasteiger charge is -2.37. The summed E-state index contributed by atoms with van der Waals surface area (Å²) in [6.45, 7) is 8.53. The molecule has 1 N–H and O–H groups in total. The third-order valence-corrected chi connectivity index (χ3v) is 7.92. The van der Waals surface area contributed by atoms with E-state index in [1.165, 1.54) is 12.8 Å². The molecule has 1 heterocycles. The van der Waals surface area contributed by atoms with Gasteiger partial charge in [-0.05, 0) is 44.9 Å². The van der Waals surface area contributed by atoms with E-state index in [1.807, 2.05) is 6.92 Å². The first kappa shape index (κ1) is 21.6. The molecule has 0 radical (unpaired) electrons. The van der Waals surface area contributed by atoms with Crippen molar-refractivity contribution >= 4 is 15.9 Å². The van der Waals surface area contributed by atoms with Crippen molar-refractivity contribution in [3.63, 3.8) is 0 Å². The van der Waals surface area contributed by atoms with Gasteiger partial charge in [0.1, 0.15) is 0 Å². The molecule has 152 valence electrons. The number of sulfonamides is 1. The lowest BCUT2D eigenvalue weighted by molar-refractivity contribution is -0.127. The summed E-state index contributed by atoms with van der Waals surface area (Å²) in [5.41, 5.74) is 0. The van der Waals surface area contributed by atoms with E-state index in [0.29, 0.717) is 32.2 Å². The zero-order chi connectivity index (χ0) is 19.2. The van der Waals surface area contributed by atoms with Crippen molar-refractivity contribution in [2.24, 2.45) is 5.92 Å². The van der Waals surface area contributed by atoms with Crippen molar-refractivity contribution in [3.05, 3.63) is 0 Å². The van der Waals surface area contributed by atoms with Crippen molar-refractivity contribution < 1.29 is 13.2 Å². The van der Waals surface area contributed by atoms with Crippen molar-refractivity contribution in [1.82, 2.24) is 14.5 Å². The maximum absolute atomic E-state index is 12.6. The van der Waals surface area contributed by atoms with Crippen LogP contribution in [0.15, 0.2) is 0 Å². The Morgan fingerprint density at radius 2 is 1.69 bits per heavy atom. The van der Waals surface area contributed by atoms with E-state index in [4.69, 9.17) is 0 Å². The second-order valence-electron chi connectivity index (χ2n) is 8.10. The van der Waals surface area contributed by atoms with E-state index >= 15 is 0 Å². The summed E-state index contributed by atoms with van der Waals surface area (Å²) in [4.78, 5) is 14.7. The first-order valence-corrected chi connectivity index (χ1v) is 12.0. The second-order valence-corrected chi connectivity index (χ2v) is 10.2. The molecule has 0 aromatic rings. The Hall–Kier alpha value is -0.660. The van der Waals surface area contributed by atoms with Crippen molar-refractivity contribution in [2.45, 2.75) is 77.8 Å². The molecule has 1 aliphatic carbocycles. The highest BCUT2D eigenvalue weighted by Crippen LogP contribution is 2.23. The van der Waals surface area contributed by atoms with E-state index in [2.05, 4.69) is 24.1 Å². The Bertz CT molecular complexity index is 536. The number of nitrogens with one attached hydrogen (secondary N) is 1. The molecular formula is C19H37N3O3S. The van der Waals surface area contributed by atoms with Gasteiger partial charge >= 0.3 is 0 Å². The van der Waals surface area contributed by atoms with E-state index in [-0.39, 0.29) is 17.7 Å². The van der Waals surface area contributed by atoms with Gasteiger partial charge in [-0.1, -0.05) is 26.7 Å². The highest BCUT2D eigenvalue weighted by Gasteiger charge is 2.31. The smallest absolute Gasteiger partial charge is 0.237 e. The number of hydrogen-bond acceptors (Lipinski definition) is 4. The highest BCUT2D eigenvalue weighted by atomic mass is 32.2. The van der Waals surface area contributed by atoms with Gasteiger partial charge in [-0.25, -0.2) is 8.42 Å². The molecule has 1 atom stereocenters. The summed E-state index contributed by atoms with van der Waals surface area (Å²) < 4.78 is 26.4. The van der Waals surface area contributed by atoms with Gasteiger partial charge in [-0.15, -0.1) is 0 Å². The van der Waals surface area contributed by atoms with E-state index < -0.39 is 10.0 Å². The Morgan fingerprint density at radius 1 is 1.08 bits per heavy atom. The van der Waals surface area contributed by atoms with Crippen LogP contribution in [0.2, 0.25) is 0 Å². The van der Waals surface area contributed by atoms with Crippen LogP contribution in [-0.4, -0.2) is 67.5 Å². The van der Waals surface area contributed by atoms with E-state index in [9.17, 15) is 13.2 Å². The number of nitrogens with zero attached hydrogens (tertiary/aromatic N) is 2. The van der Waals surface area contributed by atoms with Crippen LogP contribution < -0.4 is 5.32 Å². The van der Waals surface area contributed by atoms with Crippen LogP contribution >= 0.6 is 0 Å². The molecule has 26 heavy (non-hydrogen) atoms. The largest absolute Gasteiger partial charge is 0.352 e. The zero-order valence-corrected chi connectivity index (χ0v) is 17.6. The van der Waals surface area contributed by atoms with Gasteiger partial charge in [0.2, 0.25) is 15.9 Å². The van der Waals surface area contributed by atoms with Crippen LogP contribution in [0.4, 0.5) is 0 Å². The summed E-state index contributed by atoms with van der Waals surface area (Å²) >= 11 is 0. The molecule has 1 saturated carbocycles. The Morgan fingerprint density at radius 3 is 2.27 bits per heavy atom. The molecule has 6 nitrogen and oxygen atoms in total. The minimum Gasteiger partial charge on any atom is -0.352 e. The van der Waals surface area contributed by atoms with Crippen LogP contribution in [-0.2, 0) is 14.8 Å². The molecule has 7 heteroatoms. The Labute approximate surface area is 159 Å². The topological polar surface area (TPSA) is 69.7 Å². The number of piperazine rings is 1.